The third kappa shape index (κ3) is 2.32. The molecule has 0 saturated carbocycles. The number of aromatic carboxylic acids is 2. The molecule has 0 radical (unpaired) electrons. The van der Waals surface area contributed by atoms with E-state index in [-0.39, 0.29) is 16.3 Å². The highest BCUT2D eigenvalue weighted by molar-refractivity contribution is 7.86. The Bertz CT molecular complexity index is 926. The molecule has 0 atom stereocenters. The molecule has 116 valence electrons. The second-order valence-electron chi connectivity index (χ2n) is 4.79. The van der Waals surface area contributed by atoms with Gasteiger partial charge in [0.1, 0.15) is 4.90 Å². The lowest BCUT2D eigenvalue weighted by molar-refractivity contribution is 0.0648. The first kappa shape index (κ1) is 15.9. The molecule has 22 heavy (non-hydrogen) atoms. The number of hydrogen-bond donors (Lipinski definition) is 3. The standard InChI is InChI=1S/C14H12O7S/c1-6-4-3-5-8-9(6)7(2)10(13(15)16)11(14(17)18)12(8)22(19,20)21/h3-5H,1-2H3,(H,15,16)(H,17,18)(H,19,20,21). The maximum Gasteiger partial charge on any atom is 0.338 e. The van der Waals surface area contributed by atoms with Gasteiger partial charge in [-0.15, -0.1) is 0 Å². The summed E-state index contributed by atoms with van der Waals surface area (Å²) in [6.45, 7) is 3.04. The fraction of sp³-hybridized carbons (Fsp3) is 0.143. The van der Waals surface area contributed by atoms with Crippen molar-refractivity contribution in [2.75, 3.05) is 0 Å². The van der Waals surface area contributed by atoms with E-state index in [1.807, 2.05) is 0 Å². The van der Waals surface area contributed by atoms with E-state index in [2.05, 4.69) is 0 Å². The van der Waals surface area contributed by atoms with Gasteiger partial charge in [-0.25, -0.2) is 9.59 Å². The summed E-state index contributed by atoms with van der Waals surface area (Å²) in [6, 6.07) is 4.46. The van der Waals surface area contributed by atoms with Crippen LogP contribution in [0.1, 0.15) is 31.8 Å². The van der Waals surface area contributed by atoms with Crippen molar-refractivity contribution in [1.82, 2.24) is 0 Å². The fourth-order valence-corrected chi connectivity index (χ4v) is 3.55. The lowest BCUT2D eigenvalue weighted by atomic mass is 9.92. The predicted octanol–water partition coefficient (Wildman–Crippen LogP) is 2.10. The van der Waals surface area contributed by atoms with Crippen molar-refractivity contribution < 1.29 is 32.8 Å². The first-order valence-corrected chi connectivity index (χ1v) is 7.51. The average molecular weight is 324 g/mol. The van der Waals surface area contributed by atoms with Gasteiger partial charge in [0.2, 0.25) is 0 Å². The number of carbonyl (C=O) groups is 2. The Morgan fingerprint density at radius 2 is 1.55 bits per heavy atom. The third-order valence-electron chi connectivity index (χ3n) is 3.43. The summed E-state index contributed by atoms with van der Waals surface area (Å²) in [6.07, 6.45) is 0. The van der Waals surface area contributed by atoms with Crippen molar-refractivity contribution in [2.24, 2.45) is 0 Å². The lowest BCUT2D eigenvalue weighted by Crippen LogP contribution is -2.17. The van der Waals surface area contributed by atoms with Crippen LogP contribution >= 0.6 is 0 Å². The second-order valence-corrected chi connectivity index (χ2v) is 6.15. The van der Waals surface area contributed by atoms with E-state index >= 15 is 0 Å². The Morgan fingerprint density at radius 1 is 1.00 bits per heavy atom. The van der Waals surface area contributed by atoms with Gasteiger partial charge in [-0.05, 0) is 30.4 Å². The molecule has 0 unspecified atom stereocenters. The normalized spacial score (nSPS) is 11.6. The number of benzene rings is 2. The molecule has 0 bridgehead atoms. The van der Waals surface area contributed by atoms with Gasteiger partial charge in [-0.3, -0.25) is 4.55 Å². The second kappa shape index (κ2) is 5.08. The van der Waals surface area contributed by atoms with Crippen LogP contribution in [0, 0.1) is 13.8 Å². The molecule has 0 aliphatic rings. The van der Waals surface area contributed by atoms with E-state index in [1.54, 1.807) is 13.0 Å². The predicted molar refractivity (Wildman–Crippen MR) is 77.2 cm³/mol. The van der Waals surface area contributed by atoms with Crippen molar-refractivity contribution in [1.29, 1.82) is 0 Å². The first-order chi connectivity index (χ1) is 10.1. The van der Waals surface area contributed by atoms with Crippen molar-refractivity contribution in [2.45, 2.75) is 18.7 Å². The van der Waals surface area contributed by atoms with Gasteiger partial charge >= 0.3 is 11.9 Å². The van der Waals surface area contributed by atoms with Gasteiger partial charge < -0.3 is 10.2 Å². The van der Waals surface area contributed by atoms with Crippen LogP contribution in [0.4, 0.5) is 0 Å². The minimum absolute atomic E-state index is 0.0256. The van der Waals surface area contributed by atoms with Crippen LogP contribution in [0.25, 0.3) is 10.8 Å². The Labute approximate surface area is 125 Å². The van der Waals surface area contributed by atoms with Gasteiger partial charge in [-0.2, -0.15) is 8.42 Å². The molecule has 0 fully saturated rings. The minimum Gasteiger partial charge on any atom is -0.478 e. The van der Waals surface area contributed by atoms with Crippen LogP contribution < -0.4 is 0 Å². The number of fused-ring (bicyclic) bond motifs is 1. The molecule has 3 N–H and O–H groups in total. The average Bonchev–Trinajstić information content (AvgIpc) is 2.35. The summed E-state index contributed by atoms with van der Waals surface area (Å²) in [5.41, 5.74) is -0.891. The molecule has 2 aromatic rings. The number of aryl methyl sites for hydroxylation is 2. The molecule has 2 rings (SSSR count). The zero-order chi connectivity index (χ0) is 16.8. The highest BCUT2D eigenvalue weighted by atomic mass is 32.2. The summed E-state index contributed by atoms with van der Waals surface area (Å²) in [5, 5.41) is 18.8. The van der Waals surface area contributed by atoms with Crippen LogP contribution in [0.15, 0.2) is 23.1 Å². The van der Waals surface area contributed by atoms with E-state index in [1.165, 1.54) is 19.1 Å². The molecule has 0 heterocycles. The number of hydrogen-bond acceptors (Lipinski definition) is 4. The summed E-state index contributed by atoms with van der Waals surface area (Å²) >= 11 is 0. The molecule has 7 nitrogen and oxygen atoms in total. The molecule has 2 aromatic carbocycles. The minimum atomic E-state index is -4.94. The lowest BCUT2D eigenvalue weighted by Gasteiger charge is -2.16. The molecular formula is C14H12O7S. The Balaban J connectivity index is 3.31. The molecule has 0 amide bonds. The molecule has 0 aliphatic carbocycles. The molecule has 0 aliphatic heterocycles. The van der Waals surface area contributed by atoms with E-state index in [9.17, 15) is 32.8 Å². The van der Waals surface area contributed by atoms with E-state index < -0.39 is 38.1 Å². The summed E-state index contributed by atoms with van der Waals surface area (Å²) < 4.78 is 32.8. The topological polar surface area (TPSA) is 129 Å². The van der Waals surface area contributed by atoms with Crippen molar-refractivity contribution >= 4 is 32.8 Å². The van der Waals surface area contributed by atoms with Gasteiger partial charge in [0.25, 0.3) is 10.1 Å². The van der Waals surface area contributed by atoms with Crippen LogP contribution in [0.3, 0.4) is 0 Å². The summed E-state index contributed by atoms with van der Waals surface area (Å²) in [4.78, 5) is 22.0. The Morgan fingerprint density at radius 3 is 2.00 bits per heavy atom. The highest BCUT2D eigenvalue weighted by Crippen LogP contribution is 2.35. The molecule has 8 heteroatoms. The Hall–Kier alpha value is -2.45. The third-order valence-corrected chi connectivity index (χ3v) is 4.37. The van der Waals surface area contributed by atoms with E-state index in [0.717, 1.165) is 0 Å². The largest absolute Gasteiger partial charge is 0.478 e. The Kier molecular flexibility index (Phi) is 3.68. The van der Waals surface area contributed by atoms with Gasteiger partial charge in [0, 0.05) is 5.39 Å². The monoisotopic (exact) mass is 324 g/mol. The van der Waals surface area contributed by atoms with Crippen molar-refractivity contribution in [3.05, 3.63) is 40.5 Å². The number of carboxylic acid groups (broad SMARTS) is 2. The van der Waals surface area contributed by atoms with Gasteiger partial charge in [-0.1, -0.05) is 18.2 Å². The molecular weight excluding hydrogens is 312 g/mol. The van der Waals surface area contributed by atoms with Gasteiger partial charge in [0.05, 0.1) is 11.1 Å². The summed E-state index contributed by atoms with van der Waals surface area (Å²) in [7, 11) is -4.94. The van der Waals surface area contributed by atoms with Crippen molar-refractivity contribution in [3.8, 4) is 0 Å². The van der Waals surface area contributed by atoms with E-state index in [4.69, 9.17) is 0 Å². The van der Waals surface area contributed by atoms with Crippen LogP contribution in [-0.2, 0) is 10.1 Å². The zero-order valence-electron chi connectivity index (χ0n) is 11.6. The quantitative estimate of drug-likeness (QED) is 0.737. The fourth-order valence-electron chi connectivity index (χ4n) is 2.65. The zero-order valence-corrected chi connectivity index (χ0v) is 12.4. The van der Waals surface area contributed by atoms with Gasteiger partial charge in [0.15, 0.2) is 0 Å². The number of carboxylic acids is 2. The summed E-state index contributed by atoms with van der Waals surface area (Å²) in [5.74, 6) is -3.32. The molecule has 0 spiro atoms. The molecule has 0 saturated heterocycles. The maximum absolute atomic E-state index is 11.7. The van der Waals surface area contributed by atoms with E-state index in [0.29, 0.717) is 5.56 Å². The number of rotatable bonds is 3. The first-order valence-electron chi connectivity index (χ1n) is 6.07. The van der Waals surface area contributed by atoms with Crippen LogP contribution in [0.2, 0.25) is 0 Å². The van der Waals surface area contributed by atoms with Crippen LogP contribution in [-0.4, -0.2) is 35.1 Å². The van der Waals surface area contributed by atoms with Crippen molar-refractivity contribution in [3.63, 3.8) is 0 Å². The molecule has 0 aromatic heterocycles. The smallest absolute Gasteiger partial charge is 0.338 e. The maximum atomic E-state index is 11.7. The van der Waals surface area contributed by atoms with Crippen LogP contribution in [0.5, 0.6) is 0 Å². The highest BCUT2D eigenvalue weighted by Gasteiger charge is 2.32. The SMILES string of the molecule is Cc1cccc2c(S(=O)(=O)O)c(C(=O)O)c(C(=O)O)c(C)c12.